The average Bonchev–Trinajstić information content (AvgIpc) is 3.99. The monoisotopic (exact) mass is 942 g/mol. The second-order valence-electron chi connectivity index (χ2n) is 16.2. The van der Waals surface area contributed by atoms with E-state index in [2.05, 4.69) is 51.8 Å². The Morgan fingerprint density at radius 1 is 0.676 bits per heavy atom. The van der Waals surface area contributed by atoms with Gasteiger partial charge in [-0.25, -0.2) is 4.98 Å². The number of aliphatic carboxylic acids is 1. The van der Waals surface area contributed by atoms with Crippen molar-refractivity contribution in [3.8, 4) is 0 Å². The predicted octanol–water partition coefficient (Wildman–Crippen LogP) is -1.62. The first kappa shape index (κ1) is 52.8. The lowest BCUT2D eigenvalue weighted by atomic mass is 10.0. The first-order chi connectivity index (χ1) is 32.5. The minimum Gasteiger partial charge on any atom is -0.481 e. The normalized spacial score (nSPS) is 13.6. The summed E-state index contributed by atoms with van der Waals surface area (Å²) in [6.07, 6.45) is 5.17. The number of carbonyl (C=O) groups excluding carboxylic acids is 7. The summed E-state index contributed by atoms with van der Waals surface area (Å²) in [4.78, 5) is 121. The molecule has 23 heteroatoms. The van der Waals surface area contributed by atoms with Gasteiger partial charge in [0.1, 0.15) is 30.2 Å². The van der Waals surface area contributed by atoms with E-state index < -0.39 is 96.5 Å². The molecule has 0 fully saturated rings. The number of H-pyrrole nitrogens is 2. The molecule has 6 atom stereocenters. The molecule has 68 heavy (non-hydrogen) atoms. The highest BCUT2D eigenvalue weighted by molar-refractivity contribution is 5.97. The molecule has 17 N–H and O–H groups in total. The van der Waals surface area contributed by atoms with Crippen molar-refractivity contribution in [2.24, 2.45) is 27.9 Å². The number of imidazole rings is 1. The first-order valence-corrected chi connectivity index (χ1v) is 22.2. The summed E-state index contributed by atoms with van der Waals surface area (Å²) in [6.45, 7) is 1.48. The number of hydrogen-bond donors (Lipinski definition) is 13. The molecule has 0 bridgehead atoms. The SMILES string of the molecule is CCCC[C@H](N)C(=O)N[C@@H](CCC(=O)O)C(=O)N[C@@H](Cc1cnc[nH]1)C(=O)N[C@H](Cc1ccccc1)C(=O)N[C@@H](CCCN=C(N)N)C(=O)N[C@@H](Cc1c[nH]c2ccccc12)C(=O)NCC(N)=O. The molecule has 0 radical (unpaired) electrons. The number of guanidine groups is 1. The van der Waals surface area contributed by atoms with E-state index in [1.54, 1.807) is 36.5 Å². The number of amides is 7. The lowest BCUT2D eigenvalue weighted by Gasteiger charge is -2.27. The molecule has 23 nitrogen and oxygen atoms in total. The average molecular weight is 943 g/mol. The summed E-state index contributed by atoms with van der Waals surface area (Å²) in [7, 11) is 0. The van der Waals surface area contributed by atoms with Crippen LogP contribution >= 0.6 is 0 Å². The van der Waals surface area contributed by atoms with Gasteiger partial charge in [-0.15, -0.1) is 0 Å². The van der Waals surface area contributed by atoms with Gasteiger partial charge in [0, 0.05) is 61.2 Å². The summed E-state index contributed by atoms with van der Waals surface area (Å²) in [5.74, 6) is -7.00. The molecule has 0 saturated heterocycles. The first-order valence-electron chi connectivity index (χ1n) is 22.2. The third-order valence-corrected chi connectivity index (χ3v) is 10.8. The molecule has 2 heterocycles. The zero-order valence-electron chi connectivity index (χ0n) is 37.8. The van der Waals surface area contributed by atoms with Gasteiger partial charge in [0.15, 0.2) is 5.96 Å². The van der Waals surface area contributed by atoms with E-state index >= 15 is 0 Å². The lowest BCUT2D eigenvalue weighted by Crippen LogP contribution is -2.60. The molecule has 0 spiro atoms. The number of hydrogen-bond acceptors (Lipinski definition) is 11. The van der Waals surface area contributed by atoms with Gasteiger partial charge < -0.3 is 69.9 Å². The van der Waals surface area contributed by atoms with E-state index in [0.717, 1.165) is 17.3 Å². The highest BCUT2D eigenvalue weighted by Gasteiger charge is 2.34. The number of nitrogens with two attached hydrogens (primary N) is 4. The van der Waals surface area contributed by atoms with Crippen molar-refractivity contribution in [1.82, 2.24) is 46.9 Å². The number of benzene rings is 2. The molecule has 366 valence electrons. The lowest BCUT2D eigenvalue weighted by molar-refractivity contribution is -0.138. The summed E-state index contributed by atoms with van der Waals surface area (Å²) in [6, 6.07) is 8.17. The van der Waals surface area contributed by atoms with Crippen molar-refractivity contribution >= 4 is 64.2 Å². The number of fused-ring (bicyclic) bond motifs is 1. The largest absolute Gasteiger partial charge is 0.481 e. The van der Waals surface area contributed by atoms with Crippen LogP contribution in [-0.2, 0) is 57.6 Å². The number of primary amides is 1. The number of nitrogens with one attached hydrogen (secondary N) is 8. The molecule has 0 saturated carbocycles. The van der Waals surface area contributed by atoms with Crippen LogP contribution in [0.15, 0.2) is 78.3 Å². The zero-order valence-corrected chi connectivity index (χ0v) is 37.8. The Morgan fingerprint density at radius 3 is 1.88 bits per heavy atom. The number of para-hydroxylation sites is 1. The summed E-state index contributed by atoms with van der Waals surface area (Å²) in [5.41, 5.74) is 24.9. The highest BCUT2D eigenvalue weighted by atomic mass is 16.4. The number of aromatic nitrogens is 3. The molecular formula is C45H62N14O9. The fourth-order valence-electron chi connectivity index (χ4n) is 7.14. The number of nitrogens with zero attached hydrogens (tertiary/aromatic N) is 2. The van der Waals surface area contributed by atoms with Gasteiger partial charge in [0.05, 0.1) is 18.9 Å². The van der Waals surface area contributed by atoms with Crippen molar-refractivity contribution in [3.63, 3.8) is 0 Å². The highest BCUT2D eigenvalue weighted by Crippen LogP contribution is 2.19. The van der Waals surface area contributed by atoms with Gasteiger partial charge in [-0.3, -0.25) is 43.3 Å². The molecule has 0 aliphatic heterocycles. The molecule has 0 aliphatic carbocycles. The summed E-state index contributed by atoms with van der Waals surface area (Å²) in [5, 5.41) is 25.9. The van der Waals surface area contributed by atoms with Crippen LogP contribution in [0, 0.1) is 0 Å². The molecular weight excluding hydrogens is 881 g/mol. The number of carboxylic acids is 1. The zero-order chi connectivity index (χ0) is 49.6. The molecule has 4 rings (SSSR count). The van der Waals surface area contributed by atoms with Crippen molar-refractivity contribution in [3.05, 3.63) is 90.1 Å². The number of unbranched alkanes of at least 4 members (excludes halogenated alkanes) is 1. The number of carbonyl (C=O) groups is 8. The second-order valence-corrected chi connectivity index (χ2v) is 16.2. The molecule has 0 aliphatic rings. The molecule has 4 aromatic rings. The van der Waals surface area contributed by atoms with Crippen LogP contribution in [0.4, 0.5) is 0 Å². The molecule has 0 unspecified atom stereocenters. The van der Waals surface area contributed by atoms with Crippen molar-refractivity contribution in [2.75, 3.05) is 13.1 Å². The van der Waals surface area contributed by atoms with Crippen LogP contribution in [0.25, 0.3) is 10.9 Å². The van der Waals surface area contributed by atoms with E-state index in [1.165, 1.54) is 12.5 Å². The van der Waals surface area contributed by atoms with Crippen molar-refractivity contribution < 1.29 is 43.5 Å². The van der Waals surface area contributed by atoms with E-state index in [4.69, 9.17) is 22.9 Å². The van der Waals surface area contributed by atoms with Gasteiger partial charge in [0.25, 0.3) is 0 Å². The molecule has 7 amide bonds. The van der Waals surface area contributed by atoms with Gasteiger partial charge in [-0.05, 0) is 42.9 Å². The van der Waals surface area contributed by atoms with Gasteiger partial charge in [-0.2, -0.15) is 0 Å². The smallest absolute Gasteiger partial charge is 0.303 e. The Hall–Kier alpha value is -7.82. The van der Waals surface area contributed by atoms with Crippen LogP contribution in [0.5, 0.6) is 0 Å². The number of rotatable bonds is 29. The molecule has 2 aromatic heterocycles. The summed E-state index contributed by atoms with van der Waals surface area (Å²) >= 11 is 0. The number of carboxylic acid groups (broad SMARTS) is 1. The Bertz CT molecular complexity index is 2350. The van der Waals surface area contributed by atoms with E-state index in [9.17, 15) is 43.5 Å². The van der Waals surface area contributed by atoms with Crippen LogP contribution in [0.1, 0.15) is 68.7 Å². The topological polar surface area (TPSA) is 390 Å². The Balaban J connectivity index is 1.64. The van der Waals surface area contributed by atoms with Gasteiger partial charge in [0.2, 0.25) is 41.4 Å². The third-order valence-electron chi connectivity index (χ3n) is 10.8. The van der Waals surface area contributed by atoms with Crippen LogP contribution in [-0.4, -0.2) is 123 Å². The third kappa shape index (κ3) is 17.5. The number of aliphatic imine (C=N–C) groups is 1. The minimum absolute atomic E-state index is 0.0301. The fraction of sp³-hybridized carbons (Fsp3) is 0.422. The van der Waals surface area contributed by atoms with E-state index in [0.29, 0.717) is 29.7 Å². The predicted molar refractivity (Wildman–Crippen MR) is 251 cm³/mol. The quantitative estimate of drug-likeness (QED) is 0.0166. The van der Waals surface area contributed by atoms with Crippen LogP contribution in [0.3, 0.4) is 0 Å². The van der Waals surface area contributed by atoms with Gasteiger partial charge >= 0.3 is 5.97 Å². The van der Waals surface area contributed by atoms with E-state index in [-0.39, 0.29) is 51.0 Å². The maximum absolute atomic E-state index is 14.5. The van der Waals surface area contributed by atoms with Crippen molar-refractivity contribution in [2.45, 2.75) is 107 Å². The minimum atomic E-state index is -1.42. The standard InChI is InChI=1S/C45H62N14O9/c1-2-3-13-30(46)39(63)55-33(16-17-38(61)62)42(66)59-36(21-28-23-50-25-54-28)44(68)57-34(19-26-10-5-4-6-11-26)43(67)56-32(15-9-18-51-45(48)49)41(65)58-35(40(64)53-24-37(47)60)20-27-22-52-31-14-8-7-12-29(27)31/h4-8,10-12,14,22-23,25,30,32-36,52H,2-3,9,13,15-21,24,46H2,1H3,(H2,47,60)(H,50,54)(H,53,64)(H,55,63)(H,56,67)(H,57,68)(H,58,65)(H,59,66)(H,61,62)(H4,48,49,51)/t30-,32-,33-,34+,35-,36-/m0/s1. The second kappa shape index (κ2) is 27.0. The van der Waals surface area contributed by atoms with Crippen LogP contribution in [0.2, 0.25) is 0 Å². The summed E-state index contributed by atoms with van der Waals surface area (Å²) < 4.78 is 0. The van der Waals surface area contributed by atoms with Gasteiger partial charge in [-0.1, -0.05) is 68.3 Å². The Kier molecular flexibility index (Phi) is 20.9. The van der Waals surface area contributed by atoms with Crippen molar-refractivity contribution in [1.29, 1.82) is 0 Å². The maximum Gasteiger partial charge on any atom is 0.303 e. The maximum atomic E-state index is 14.5. The Morgan fingerprint density at radius 2 is 1.26 bits per heavy atom. The Labute approximate surface area is 392 Å². The van der Waals surface area contributed by atoms with Crippen LogP contribution < -0.4 is 54.8 Å². The van der Waals surface area contributed by atoms with E-state index in [1.807, 2.05) is 31.2 Å². The fourth-order valence-corrected chi connectivity index (χ4v) is 7.14. The molecule has 2 aromatic carbocycles. The number of aromatic amines is 2.